The third-order valence-corrected chi connectivity index (χ3v) is 2.95. The first kappa shape index (κ1) is 10.5. The third kappa shape index (κ3) is 2.99. The number of hydrogen-bond donors (Lipinski definition) is 0. The highest BCUT2D eigenvalue weighted by Crippen LogP contribution is 2.08. The smallest absolute Gasteiger partial charge is 0.219 e. The van der Waals surface area contributed by atoms with E-state index in [-0.39, 0.29) is 5.91 Å². The van der Waals surface area contributed by atoms with Crippen molar-refractivity contribution in [2.45, 2.75) is 32.7 Å². The second-order valence-electron chi connectivity index (χ2n) is 3.98. The normalized spacial score (nSPS) is 26.7. The van der Waals surface area contributed by atoms with E-state index in [0.29, 0.717) is 6.04 Å². The van der Waals surface area contributed by atoms with Gasteiger partial charge in [-0.3, -0.25) is 4.79 Å². The van der Waals surface area contributed by atoms with Gasteiger partial charge in [-0.15, -0.1) is 0 Å². The molecule has 0 radical (unpaired) electrons. The zero-order valence-electron chi connectivity index (χ0n) is 8.92. The van der Waals surface area contributed by atoms with Crippen LogP contribution in [0.5, 0.6) is 0 Å². The van der Waals surface area contributed by atoms with E-state index in [0.717, 1.165) is 32.5 Å². The summed E-state index contributed by atoms with van der Waals surface area (Å²) in [5.41, 5.74) is 0. The first-order valence-electron chi connectivity index (χ1n) is 5.07. The Balaban J connectivity index is 2.46. The lowest BCUT2D eigenvalue weighted by atomic mass is 10.1. The highest BCUT2D eigenvalue weighted by molar-refractivity contribution is 5.73. The van der Waals surface area contributed by atoms with Crippen LogP contribution in [-0.2, 0) is 4.79 Å². The molecule has 0 aromatic rings. The van der Waals surface area contributed by atoms with Crippen molar-refractivity contribution < 1.29 is 4.79 Å². The lowest BCUT2D eigenvalue weighted by molar-refractivity contribution is -0.129. The van der Waals surface area contributed by atoms with Crippen LogP contribution in [0.25, 0.3) is 0 Å². The van der Waals surface area contributed by atoms with Gasteiger partial charge in [0.15, 0.2) is 0 Å². The second kappa shape index (κ2) is 4.61. The molecule has 0 spiro atoms. The molecule has 1 saturated heterocycles. The molecule has 0 aromatic carbocycles. The van der Waals surface area contributed by atoms with E-state index in [9.17, 15) is 4.79 Å². The van der Waals surface area contributed by atoms with Gasteiger partial charge in [0.25, 0.3) is 0 Å². The standard InChI is InChI=1S/C10H20N2O/c1-9-5-8-12(10(2)13)7-4-6-11(9)3/h9H,4-8H2,1-3H3. The second-order valence-corrected chi connectivity index (χ2v) is 3.98. The van der Waals surface area contributed by atoms with E-state index in [4.69, 9.17) is 0 Å². The van der Waals surface area contributed by atoms with Crippen molar-refractivity contribution in [1.29, 1.82) is 0 Å². The van der Waals surface area contributed by atoms with Crippen LogP contribution < -0.4 is 0 Å². The summed E-state index contributed by atoms with van der Waals surface area (Å²) in [6, 6.07) is 0.599. The van der Waals surface area contributed by atoms with Gasteiger partial charge in [-0.2, -0.15) is 0 Å². The maximum atomic E-state index is 11.2. The number of amides is 1. The molecule has 0 saturated carbocycles. The van der Waals surface area contributed by atoms with Crippen molar-refractivity contribution in [1.82, 2.24) is 9.80 Å². The monoisotopic (exact) mass is 184 g/mol. The topological polar surface area (TPSA) is 23.6 Å². The van der Waals surface area contributed by atoms with Gasteiger partial charge in [0, 0.05) is 26.1 Å². The first-order valence-corrected chi connectivity index (χ1v) is 5.07. The number of carbonyl (C=O) groups excluding carboxylic acids is 1. The van der Waals surface area contributed by atoms with Gasteiger partial charge < -0.3 is 9.80 Å². The molecule has 3 heteroatoms. The summed E-state index contributed by atoms with van der Waals surface area (Å²) < 4.78 is 0. The highest BCUT2D eigenvalue weighted by Gasteiger charge is 2.16. The van der Waals surface area contributed by atoms with Crippen molar-refractivity contribution in [3.63, 3.8) is 0 Å². The first-order chi connectivity index (χ1) is 6.11. The molecular formula is C10H20N2O. The predicted octanol–water partition coefficient (Wildman–Crippen LogP) is 0.949. The minimum atomic E-state index is 0.219. The molecule has 3 nitrogen and oxygen atoms in total. The quantitative estimate of drug-likeness (QED) is 0.559. The maximum Gasteiger partial charge on any atom is 0.219 e. The summed E-state index contributed by atoms with van der Waals surface area (Å²) in [6.45, 7) is 6.83. The Bertz CT molecular complexity index is 182. The predicted molar refractivity (Wildman–Crippen MR) is 53.6 cm³/mol. The lowest BCUT2D eigenvalue weighted by Gasteiger charge is -2.32. The fourth-order valence-corrected chi connectivity index (χ4v) is 1.72. The van der Waals surface area contributed by atoms with E-state index >= 15 is 0 Å². The minimum absolute atomic E-state index is 0.219. The SMILES string of the molecule is CC(=O)N1CCCN(C)C(C)CC1. The fraction of sp³-hybridized carbons (Fsp3) is 0.900. The molecule has 1 aliphatic heterocycles. The molecule has 0 aliphatic carbocycles. The zero-order valence-corrected chi connectivity index (χ0v) is 8.92. The zero-order chi connectivity index (χ0) is 9.84. The van der Waals surface area contributed by atoms with E-state index in [1.165, 1.54) is 0 Å². The molecule has 0 N–H and O–H groups in total. The van der Waals surface area contributed by atoms with Crippen LogP contribution in [0, 0.1) is 0 Å². The van der Waals surface area contributed by atoms with E-state index < -0.39 is 0 Å². The number of rotatable bonds is 0. The average molecular weight is 184 g/mol. The molecule has 1 unspecified atom stereocenters. The van der Waals surface area contributed by atoms with Crippen LogP contribution in [-0.4, -0.2) is 48.4 Å². The summed E-state index contributed by atoms with van der Waals surface area (Å²) in [5, 5.41) is 0. The molecule has 76 valence electrons. The van der Waals surface area contributed by atoms with Gasteiger partial charge >= 0.3 is 0 Å². The van der Waals surface area contributed by atoms with Crippen molar-refractivity contribution in [3.05, 3.63) is 0 Å². The van der Waals surface area contributed by atoms with Gasteiger partial charge in [0.2, 0.25) is 5.91 Å². The van der Waals surface area contributed by atoms with Gasteiger partial charge in [-0.25, -0.2) is 0 Å². The van der Waals surface area contributed by atoms with Gasteiger partial charge in [0.05, 0.1) is 0 Å². The molecule has 0 aromatic heterocycles. The molecule has 13 heavy (non-hydrogen) atoms. The summed E-state index contributed by atoms with van der Waals surface area (Å²) in [5.74, 6) is 0.219. The van der Waals surface area contributed by atoms with E-state index in [1.807, 2.05) is 4.90 Å². The van der Waals surface area contributed by atoms with Crippen molar-refractivity contribution in [2.24, 2.45) is 0 Å². The Labute approximate surface area is 80.7 Å². The van der Waals surface area contributed by atoms with Gasteiger partial charge in [-0.05, 0) is 33.4 Å². The Morgan fingerprint density at radius 3 is 2.62 bits per heavy atom. The van der Waals surface area contributed by atoms with Gasteiger partial charge in [0.1, 0.15) is 0 Å². The molecule has 1 fully saturated rings. The van der Waals surface area contributed by atoms with E-state index in [2.05, 4.69) is 18.9 Å². The molecule has 1 rings (SSSR count). The number of nitrogens with zero attached hydrogens (tertiary/aromatic N) is 2. The molecule has 1 atom stereocenters. The third-order valence-electron chi connectivity index (χ3n) is 2.95. The summed E-state index contributed by atoms with van der Waals surface area (Å²) >= 11 is 0. The highest BCUT2D eigenvalue weighted by atomic mass is 16.2. The summed E-state index contributed by atoms with van der Waals surface area (Å²) in [7, 11) is 2.16. The Morgan fingerprint density at radius 2 is 2.00 bits per heavy atom. The van der Waals surface area contributed by atoms with Crippen LogP contribution in [0.4, 0.5) is 0 Å². The average Bonchev–Trinajstić information content (AvgIpc) is 2.06. The van der Waals surface area contributed by atoms with Gasteiger partial charge in [-0.1, -0.05) is 0 Å². The maximum absolute atomic E-state index is 11.2. The van der Waals surface area contributed by atoms with Crippen LogP contribution in [0.1, 0.15) is 26.7 Å². The van der Waals surface area contributed by atoms with Crippen LogP contribution >= 0.6 is 0 Å². The summed E-state index contributed by atoms with van der Waals surface area (Å²) in [4.78, 5) is 15.5. The number of hydrogen-bond acceptors (Lipinski definition) is 2. The largest absolute Gasteiger partial charge is 0.343 e. The van der Waals surface area contributed by atoms with Crippen LogP contribution in [0.3, 0.4) is 0 Å². The van der Waals surface area contributed by atoms with Crippen molar-refractivity contribution in [3.8, 4) is 0 Å². The summed E-state index contributed by atoms with van der Waals surface area (Å²) in [6.07, 6.45) is 2.19. The Hall–Kier alpha value is -0.570. The lowest BCUT2D eigenvalue weighted by Crippen LogP contribution is -2.41. The van der Waals surface area contributed by atoms with E-state index in [1.54, 1.807) is 6.92 Å². The molecule has 1 heterocycles. The number of carbonyl (C=O) groups is 1. The van der Waals surface area contributed by atoms with Crippen LogP contribution in [0.15, 0.2) is 0 Å². The molecule has 0 bridgehead atoms. The molecule has 1 amide bonds. The van der Waals surface area contributed by atoms with Crippen molar-refractivity contribution >= 4 is 5.91 Å². The molecule has 1 aliphatic rings. The Kier molecular flexibility index (Phi) is 3.72. The Morgan fingerprint density at radius 1 is 1.31 bits per heavy atom. The minimum Gasteiger partial charge on any atom is -0.343 e. The van der Waals surface area contributed by atoms with Crippen molar-refractivity contribution in [2.75, 3.05) is 26.7 Å². The fourth-order valence-electron chi connectivity index (χ4n) is 1.72. The molecular weight excluding hydrogens is 164 g/mol. The van der Waals surface area contributed by atoms with Crippen LogP contribution in [0.2, 0.25) is 0 Å².